The van der Waals surface area contributed by atoms with E-state index in [4.69, 9.17) is 5.11 Å². The molecule has 86 valence electrons. The number of carboxylic acid groups (broad SMARTS) is 1. The molecule has 0 aliphatic heterocycles. The second kappa shape index (κ2) is 4.66. The van der Waals surface area contributed by atoms with Crippen LogP contribution in [0.2, 0.25) is 0 Å². The highest BCUT2D eigenvalue weighted by Crippen LogP contribution is 2.35. The van der Waals surface area contributed by atoms with E-state index in [9.17, 15) is 9.90 Å². The zero-order valence-electron chi connectivity index (χ0n) is 9.04. The predicted molar refractivity (Wildman–Crippen MR) is 60.2 cm³/mol. The number of carbonyl (C=O) groups is 1. The molecule has 0 amide bonds. The second-order valence-corrected chi connectivity index (χ2v) is 4.43. The van der Waals surface area contributed by atoms with Crippen molar-refractivity contribution in [2.45, 2.75) is 31.3 Å². The van der Waals surface area contributed by atoms with Gasteiger partial charge in [-0.25, -0.2) is 0 Å². The molecule has 1 fully saturated rings. The standard InChI is InChI=1S/C13H16O3/c14-12-8-10(6-7-11(12)13(15)16)9-4-2-1-3-5-9/h1-5,10-12,14H,6-8H2,(H,15,16). The van der Waals surface area contributed by atoms with Crippen LogP contribution in [0.1, 0.15) is 30.7 Å². The van der Waals surface area contributed by atoms with Gasteiger partial charge in [0.05, 0.1) is 12.0 Å². The summed E-state index contributed by atoms with van der Waals surface area (Å²) in [4.78, 5) is 10.8. The maximum Gasteiger partial charge on any atom is 0.309 e. The Bertz CT molecular complexity index is 361. The number of benzene rings is 1. The highest BCUT2D eigenvalue weighted by Gasteiger charge is 2.34. The van der Waals surface area contributed by atoms with Gasteiger partial charge in [0.15, 0.2) is 0 Å². The molecule has 3 unspecified atom stereocenters. The molecule has 0 saturated heterocycles. The Morgan fingerprint density at radius 3 is 2.44 bits per heavy atom. The molecule has 0 spiro atoms. The summed E-state index contributed by atoms with van der Waals surface area (Å²) in [5.74, 6) is -1.16. The van der Waals surface area contributed by atoms with Crippen molar-refractivity contribution < 1.29 is 15.0 Å². The number of aliphatic carboxylic acids is 1. The van der Waals surface area contributed by atoms with Crippen molar-refractivity contribution in [2.75, 3.05) is 0 Å². The molecule has 0 heterocycles. The molecule has 1 saturated carbocycles. The number of aliphatic hydroxyl groups excluding tert-OH is 1. The molecule has 3 atom stereocenters. The largest absolute Gasteiger partial charge is 0.481 e. The van der Waals surface area contributed by atoms with Gasteiger partial charge in [0.1, 0.15) is 0 Å². The van der Waals surface area contributed by atoms with Crippen molar-refractivity contribution in [3.05, 3.63) is 35.9 Å². The average molecular weight is 220 g/mol. The van der Waals surface area contributed by atoms with Gasteiger partial charge in [-0.15, -0.1) is 0 Å². The number of carboxylic acids is 1. The number of hydrogen-bond acceptors (Lipinski definition) is 2. The minimum Gasteiger partial charge on any atom is -0.481 e. The normalized spacial score (nSPS) is 29.9. The molecule has 0 aromatic heterocycles. The van der Waals surface area contributed by atoms with E-state index >= 15 is 0 Å². The van der Waals surface area contributed by atoms with Crippen LogP contribution in [0.15, 0.2) is 30.3 Å². The van der Waals surface area contributed by atoms with Gasteiger partial charge in [-0.05, 0) is 30.7 Å². The van der Waals surface area contributed by atoms with Crippen molar-refractivity contribution in [2.24, 2.45) is 5.92 Å². The molecule has 16 heavy (non-hydrogen) atoms. The van der Waals surface area contributed by atoms with Crippen LogP contribution in [0, 0.1) is 5.92 Å². The fourth-order valence-electron chi connectivity index (χ4n) is 2.46. The lowest BCUT2D eigenvalue weighted by molar-refractivity contribution is -0.147. The third-order valence-electron chi connectivity index (χ3n) is 3.40. The molecule has 0 bridgehead atoms. The van der Waals surface area contributed by atoms with E-state index in [1.807, 2.05) is 30.3 Å². The van der Waals surface area contributed by atoms with Crippen LogP contribution < -0.4 is 0 Å². The maximum atomic E-state index is 10.8. The highest BCUT2D eigenvalue weighted by atomic mass is 16.4. The third-order valence-corrected chi connectivity index (χ3v) is 3.40. The Morgan fingerprint density at radius 1 is 1.19 bits per heavy atom. The predicted octanol–water partition coefficient (Wildman–Crippen LogP) is 2.02. The van der Waals surface area contributed by atoms with Crippen LogP contribution in [0.5, 0.6) is 0 Å². The molecule has 3 heteroatoms. The summed E-state index contributed by atoms with van der Waals surface area (Å²) in [6.07, 6.45) is 1.26. The Balaban J connectivity index is 2.05. The van der Waals surface area contributed by atoms with Crippen molar-refractivity contribution in [3.63, 3.8) is 0 Å². The lowest BCUT2D eigenvalue weighted by Crippen LogP contribution is -2.33. The maximum absolute atomic E-state index is 10.8. The first-order valence-electron chi connectivity index (χ1n) is 5.64. The molecule has 1 aliphatic carbocycles. The Labute approximate surface area is 94.7 Å². The SMILES string of the molecule is O=C(O)C1CCC(c2ccccc2)CC1O. The van der Waals surface area contributed by atoms with E-state index in [0.29, 0.717) is 18.8 Å². The topological polar surface area (TPSA) is 57.5 Å². The van der Waals surface area contributed by atoms with Crippen LogP contribution in [0.25, 0.3) is 0 Å². The fraction of sp³-hybridized carbons (Fsp3) is 0.462. The lowest BCUT2D eigenvalue weighted by Gasteiger charge is -2.30. The fourth-order valence-corrected chi connectivity index (χ4v) is 2.46. The first-order chi connectivity index (χ1) is 7.68. The Hall–Kier alpha value is -1.35. The van der Waals surface area contributed by atoms with Gasteiger partial charge >= 0.3 is 5.97 Å². The van der Waals surface area contributed by atoms with Gasteiger partial charge in [-0.1, -0.05) is 30.3 Å². The van der Waals surface area contributed by atoms with Gasteiger partial charge in [-0.2, -0.15) is 0 Å². The zero-order valence-corrected chi connectivity index (χ0v) is 9.04. The summed E-state index contributed by atoms with van der Waals surface area (Å²) in [5, 5.41) is 18.7. The van der Waals surface area contributed by atoms with E-state index in [-0.39, 0.29) is 0 Å². The summed E-state index contributed by atoms with van der Waals surface area (Å²) >= 11 is 0. The van der Waals surface area contributed by atoms with Gasteiger partial charge in [0.25, 0.3) is 0 Å². The van der Waals surface area contributed by atoms with E-state index < -0.39 is 18.0 Å². The van der Waals surface area contributed by atoms with Gasteiger partial charge < -0.3 is 10.2 Å². The van der Waals surface area contributed by atoms with Crippen LogP contribution in [0.4, 0.5) is 0 Å². The summed E-state index contributed by atoms with van der Waals surface area (Å²) in [5.41, 5.74) is 1.20. The van der Waals surface area contributed by atoms with E-state index in [1.54, 1.807) is 0 Å². The van der Waals surface area contributed by atoms with Crippen LogP contribution in [-0.4, -0.2) is 22.3 Å². The number of hydrogen-bond donors (Lipinski definition) is 2. The third kappa shape index (κ3) is 2.25. The first kappa shape index (κ1) is 11.1. The van der Waals surface area contributed by atoms with Crippen LogP contribution in [-0.2, 0) is 4.79 Å². The quantitative estimate of drug-likeness (QED) is 0.801. The van der Waals surface area contributed by atoms with Crippen LogP contribution >= 0.6 is 0 Å². The average Bonchev–Trinajstić information content (AvgIpc) is 2.29. The van der Waals surface area contributed by atoms with Crippen molar-refractivity contribution in [1.29, 1.82) is 0 Å². The molecule has 3 nitrogen and oxygen atoms in total. The summed E-state index contributed by atoms with van der Waals surface area (Å²) < 4.78 is 0. The monoisotopic (exact) mass is 220 g/mol. The molecule has 0 radical (unpaired) electrons. The minimum absolute atomic E-state index is 0.298. The van der Waals surface area contributed by atoms with Crippen molar-refractivity contribution in [3.8, 4) is 0 Å². The van der Waals surface area contributed by atoms with Gasteiger partial charge in [-0.3, -0.25) is 4.79 Å². The molecule has 1 aliphatic rings. The van der Waals surface area contributed by atoms with Gasteiger partial charge in [0, 0.05) is 0 Å². The molecule has 2 rings (SSSR count). The van der Waals surface area contributed by atoms with E-state index in [2.05, 4.69) is 0 Å². The summed E-state index contributed by atoms with van der Waals surface area (Å²) in [6, 6.07) is 10.00. The van der Waals surface area contributed by atoms with Crippen molar-refractivity contribution in [1.82, 2.24) is 0 Å². The van der Waals surface area contributed by atoms with Crippen LogP contribution in [0.3, 0.4) is 0 Å². The highest BCUT2D eigenvalue weighted by molar-refractivity contribution is 5.70. The van der Waals surface area contributed by atoms with E-state index in [0.717, 1.165) is 6.42 Å². The molecule has 2 N–H and O–H groups in total. The minimum atomic E-state index is -0.876. The van der Waals surface area contributed by atoms with Crippen molar-refractivity contribution >= 4 is 5.97 Å². The molecule has 1 aromatic carbocycles. The number of aliphatic hydroxyl groups is 1. The van der Waals surface area contributed by atoms with E-state index in [1.165, 1.54) is 5.56 Å². The second-order valence-electron chi connectivity index (χ2n) is 4.43. The summed E-state index contributed by atoms with van der Waals surface area (Å²) in [6.45, 7) is 0. The Kier molecular flexibility index (Phi) is 3.25. The zero-order chi connectivity index (χ0) is 11.5. The smallest absolute Gasteiger partial charge is 0.309 e. The Morgan fingerprint density at radius 2 is 1.88 bits per heavy atom. The molecular formula is C13H16O3. The first-order valence-corrected chi connectivity index (χ1v) is 5.64. The molecular weight excluding hydrogens is 204 g/mol. The lowest BCUT2D eigenvalue weighted by atomic mass is 9.77. The number of rotatable bonds is 2. The summed E-state index contributed by atoms with van der Waals surface area (Å²) in [7, 11) is 0. The molecule has 1 aromatic rings. The van der Waals surface area contributed by atoms with Gasteiger partial charge in [0.2, 0.25) is 0 Å².